The molecule has 1 atom stereocenters. The number of carbonyl (C=O) groups is 2. The summed E-state index contributed by atoms with van der Waals surface area (Å²) < 4.78 is 5.43. The first-order chi connectivity index (χ1) is 10.0. The highest BCUT2D eigenvalue weighted by Crippen LogP contribution is 2.19. The number of hydrogen-bond acceptors (Lipinski definition) is 3. The van der Waals surface area contributed by atoms with E-state index in [2.05, 4.69) is 5.32 Å². The largest absolute Gasteiger partial charge is 0.478 e. The maximum absolute atomic E-state index is 11.9. The van der Waals surface area contributed by atoms with Gasteiger partial charge in [0.15, 0.2) is 0 Å². The van der Waals surface area contributed by atoms with E-state index in [4.69, 9.17) is 9.84 Å². The van der Waals surface area contributed by atoms with E-state index in [1.54, 1.807) is 12.1 Å². The van der Waals surface area contributed by atoms with E-state index in [0.29, 0.717) is 12.1 Å². The second-order valence-electron chi connectivity index (χ2n) is 5.13. The Bertz CT molecular complexity index is 559. The van der Waals surface area contributed by atoms with Crippen LogP contribution >= 0.6 is 0 Å². The van der Waals surface area contributed by atoms with Crippen LogP contribution in [0.1, 0.15) is 30.4 Å². The minimum atomic E-state index is -0.983. The van der Waals surface area contributed by atoms with Crippen molar-refractivity contribution in [1.29, 1.82) is 0 Å². The van der Waals surface area contributed by atoms with Crippen LogP contribution in [0.15, 0.2) is 24.3 Å². The van der Waals surface area contributed by atoms with Gasteiger partial charge in [0.25, 0.3) is 0 Å². The standard InChI is InChI=1S/C16H19NO4/c1-11-9-13(6-4-12(11)5-7-16(19)20)17-15(18)10-14-3-2-8-21-14/h4-7,9,14H,2-3,8,10H2,1H3,(H,17,18)(H,19,20). The normalized spacial score (nSPS) is 18.0. The first-order valence-electron chi connectivity index (χ1n) is 6.97. The summed E-state index contributed by atoms with van der Waals surface area (Å²) in [5.74, 6) is -1.04. The summed E-state index contributed by atoms with van der Waals surface area (Å²) in [6.45, 7) is 2.61. The zero-order valence-corrected chi connectivity index (χ0v) is 12.0. The molecule has 5 nitrogen and oxygen atoms in total. The first-order valence-corrected chi connectivity index (χ1v) is 6.97. The van der Waals surface area contributed by atoms with Crippen molar-refractivity contribution in [3.63, 3.8) is 0 Å². The maximum atomic E-state index is 11.9. The van der Waals surface area contributed by atoms with Crippen molar-refractivity contribution in [2.24, 2.45) is 0 Å². The number of carboxylic acids is 1. The Hall–Kier alpha value is -2.14. The lowest BCUT2D eigenvalue weighted by Crippen LogP contribution is -2.19. The topological polar surface area (TPSA) is 75.6 Å². The summed E-state index contributed by atoms with van der Waals surface area (Å²) >= 11 is 0. The van der Waals surface area contributed by atoms with Gasteiger partial charge in [-0.2, -0.15) is 0 Å². The van der Waals surface area contributed by atoms with E-state index in [0.717, 1.165) is 36.7 Å². The van der Waals surface area contributed by atoms with Gasteiger partial charge in [0.2, 0.25) is 5.91 Å². The van der Waals surface area contributed by atoms with Gasteiger partial charge in [-0.05, 0) is 49.1 Å². The van der Waals surface area contributed by atoms with Gasteiger partial charge >= 0.3 is 5.97 Å². The molecule has 0 aromatic heterocycles. The van der Waals surface area contributed by atoms with Crippen LogP contribution in [-0.2, 0) is 14.3 Å². The van der Waals surface area contributed by atoms with Crippen LogP contribution in [0.2, 0.25) is 0 Å². The monoisotopic (exact) mass is 289 g/mol. The molecule has 1 unspecified atom stereocenters. The number of benzene rings is 1. The highest BCUT2D eigenvalue weighted by Gasteiger charge is 2.19. The number of carbonyl (C=O) groups excluding carboxylic acids is 1. The number of carboxylic acid groups (broad SMARTS) is 1. The number of aliphatic carboxylic acids is 1. The van der Waals surface area contributed by atoms with Gasteiger partial charge in [0.1, 0.15) is 0 Å². The molecule has 5 heteroatoms. The molecule has 0 spiro atoms. The molecule has 21 heavy (non-hydrogen) atoms. The van der Waals surface area contributed by atoms with Crippen molar-refractivity contribution < 1.29 is 19.4 Å². The van der Waals surface area contributed by atoms with E-state index >= 15 is 0 Å². The molecule has 1 saturated heterocycles. The molecule has 1 heterocycles. The molecular formula is C16H19NO4. The third-order valence-corrected chi connectivity index (χ3v) is 3.40. The number of ether oxygens (including phenoxy) is 1. The Morgan fingerprint density at radius 2 is 2.29 bits per heavy atom. The van der Waals surface area contributed by atoms with Gasteiger partial charge in [-0.3, -0.25) is 4.79 Å². The van der Waals surface area contributed by atoms with Crippen LogP contribution in [0.5, 0.6) is 0 Å². The van der Waals surface area contributed by atoms with Crippen molar-refractivity contribution in [1.82, 2.24) is 0 Å². The van der Waals surface area contributed by atoms with Crippen LogP contribution < -0.4 is 5.32 Å². The number of hydrogen-bond donors (Lipinski definition) is 2. The molecule has 0 bridgehead atoms. The molecule has 1 fully saturated rings. The fourth-order valence-corrected chi connectivity index (χ4v) is 2.33. The number of nitrogens with one attached hydrogen (secondary N) is 1. The van der Waals surface area contributed by atoms with Gasteiger partial charge in [-0.15, -0.1) is 0 Å². The summed E-state index contributed by atoms with van der Waals surface area (Å²) in [5.41, 5.74) is 2.43. The summed E-state index contributed by atoms with van der Waals surface area (Å²) in [6, 6.07) is 5.38. The zero-order chi connectivity index (χ0) is 15.2. The predicted octanol–water partition coefficient (Wildman–Crippen LogP) is 2.60. The molecule has 1 aromatic carbocycles. The van der Waals surface area contributed by atoms with Crippen molar-refractivity contribution in [3.8, 4) is 0 Å². The molecule has 0 radical (unpaired) electrons. The van der Waals surface area contributed by atoms with Gasteiger partial charge in [0.05, 0.1) is 12.5 Å². The fraction of sp³-hybridized carbons (Fsp3) is 0.375. The van der Waals surface area contributed by atoms with Crippen LogP contribution in [0, 0.1) is 6.92 Å². The molecule has 1 amide bonds. The minimum Gasteiger partial charge on any atom is -0.478 e. The molecule has 1 aliphatic heterocycles. The average molecular weight is 289 g/mol. The number of anilines is 1. The second kappa shape index (κ2) is 7.04. The lowest BCUT2D eigenvalue weighted by molar-refractivity contribution is -0.131. The van der Waals surface area contributed by atoms with Crippen molar-refractivity contribution in [2.75, 3.05) is 11.9 Å². The maximum Gasteiger partial charge on any atom is 0.328 e. The quantitative estimate of drug-likeness (QED) is 0.817. The first kappa shape index (κ1) is 15.3. The molecule has 2 rings (SSSR count). The van der Waals surface area contributed by atoms with E-state index in [9.17, 15) is 9.59 Å². The lowest BCUT2D eigenvalue weighted by atomic mass is 10.1. The van der Waals surface area contributed by atoms with Gasteiger partial charge in [0, 0.05) is 18.4 Å². The van der Waals surface area contributed by atoms with Crippen LogP contribution in [0.25, 0.3) is 6.08 Å². The molecule has 112 valence electrons. The van der Waals surface area contributed by atoms with Crippen molar-refractivity contribution in [3.05, 3.63) is 35.4 Å². The molecule has 0 saturated carbocycles. The molecule has 2 N–H and O–H groups in total. The average Bonchev–Trinajstić information content (AvgIpc) is 2.90. The SMILES string of the molecule is Cc1cc(NC(=O)CC2CCCO2)ccc1C=CC(=O)O. The Balaban J connectivity index is 1.96. The Kier molecular flexibility index (Phi) is 5.11. The smallest absolute Gasteiger partial charge is 0.328 e. The predicted molar refractivity (Wildman–Crippen MR) is 80.1 cm³/mol. The zero-order valence-electron chi connectivity index (χ0n) is 12.0. The van der Waals surface area contributed by atoms with E-state index in [1.807, 2.05) is 13.0 Å². The summed E-state index contributed by atoms with van der Waals surface area (Å²) in [5, 5.41) is 11.5. The van der Waals surface area contributed by atoms with Crippen molar-refractivity contribution in [2.45, 2.75) is 32.3 Å². The third-order valence-electron chi connectivity index (χ3n) is 3.40. The molecule has 1 aliphatic rings. The number of rotatable bonds is 5. The van der Waals surface area contributed by atoms with Gasteiger partial charge < -0.3 is 15.2 Å². The number of aryl methyl sites for hydroxylation is 1. The second-order valence-corrected chi connectivity index (χ2v) is 5.13. The van der Waals surface area contributed by atoms with Crippen LogP contribution in [0.3, 0.4) is 0 Å². The highest BCUT2D eigenvalue weighted by molar-refractivity contribution is 5.91. The van der Waals surface area contributed by atoms with Crippen LogP contribution in [-0.4, -0.2) is 29.7 Å². The van der Waals surface area contributed by atoms with Gasteiger partial charge in [-0.25, -0.2) is 4.79 Å². The fourth-order valence-electron chi connectivity index (χ4n) is 2.33. The van der Waals surface area contributed by atoms with Gasteiger partial charge in [-0.1, -0.05) is 6.07 Å². The third kappa shape index (κ3) is 4.72. The molecule has 1 aromatic rings. The summed E-state index contributed by atoms with van der Waals surface area (Å²) in [6.07, 6.45) is 4.99. The minimum absolute atomic E-state index is 0.0314. The van der Waals surface area contributed by atoms with Crippen LogP contribution in [0.4, 0.5) is 5.69 Å². The Morgan fingerprint density at radius 1 is 1.48 bits per heavy atom. The van der Waals surface area contributed by atoms with Crippen molar-refractivity contribution >= 4 is 23.6 Å². The highest BCUT2D eigenvalue weighted by atomic mass is 16.5. The van der Waals surface area contributed by atoms with E-state index in [-0.39, 0.29) is 12.0 Å². The molecular weight excluding hydrogens is 270 g/mol. The Morgan fingerprint density at radius 3 is 2.90 bits per heavy atom. The summed E-state index contributed by atoms with van der Waals surface area (Å²) in [4.78, 5) is 22.4. The molecule has 0 aliphatic carbocycles. The summed E-state index contributed by atoms with van der Waals surface area (Å²) in [7, 11) is 0. The van der Waals surface area contributed by atoms with E-state index in [1.165, 1.54) is 6.08 Å². The number of amides is 1. The Labute approximate surface area is 123 Å². The lowest BCUT2D eigenvalue weighted by Gasteiger charge is -2.11. The van der Waals surface area contributed by atoms with E-state index < -0.39 is 5.97 Å².